The first-order chi connectivity index (χ1) is 15.9. The fraction of sp³-hybridized carbons (Fsp3) is 0.333. The molecule has 0 unspecified atom stereocenters. The summed E-state index contributed by atoms with van der Waals surface area (Å²) in [6.45, 7) is 9.10. The van der Waals surface area contributed by atoms with Crippen LogP contribution < -0.4 is 15.4 Å². The van der Waals surface area contributed by atoms with E-state index in [-0.39, 0.29) is 24.0 Å². The Balaban J connectivity index is 1.55. The predicted molar refractivity (Wildman–Crippen MR) is 131 cm³/mol. The van der Waals surface area contributed by atoms with Gasteiger partial charge in [-0.15, -0.1) is 10.2 Å². The first kappa shape index (κ1) is 24.3. The SMILES string of the molecule is CCOc1ccc(NC(=O)Cc2nnc(SCC(=O)Nc3ccc(C)c(C)c3)n2CC)cc1. The topological polar surface area (TPSA) is 98.1 Å². The average Bonchev–Trinajstić information content (AvgIpc) is 3.17. The molecule has 8 nitrogen and oxygen atoms in total. The van der Waals surface area contributed by atoms with Crippen molar-refractivity contribution < 1.29 is 14.3 Å². The van der Waals surface area contributed by atoms with Crippen LogP contribution in [0.25, 0.3) is 0 Å². The Bertz CT molecular complexity index is 1110. The standard InChI is InChI=1S/C24H29N5O3S/c1-5-29-21(14-22(30)25-18-9-11-20(12-10-18)32-6-2)27-28-24(29)33-15-23(31)26-19-8-7-16(3)17(4)13-19/h7-13H,5-6,14-15H2,1-4H3,(H,25,30)(H,26,31). The summed E-state index contributed by atoms with van der Waals surface area (Å²) in [5.74, 6) is 1.19. The van der Waals surface area contributed by atoms with Crippen molar-refractivity contribution >= 4 is 35.0 Å². The van der Waals surface area contributed by atoms with Gasteiger partial charge in [-0.2, -0.15) is 0 Å². The lowest BCUT2D eigenvalue weighted by atomic mass is 10.1. The number of benzene rings is 2. The van der Waals surface area contributed by atoms with Crippen molar-refractivity contribution in [2.24, 2.45) is 0 Å². The second-order valence-electron chi connectivity index (χ2n) is 7.46. The van der Waals surface area contributed by atoms with Crippen LogP contribution in [-0.2, 0) is 22.6 Å². The number of hydrogen-bond donors (Lipinski definition) is 2. The van der Waals surface area contributed by atoms with E-state index in [1.165, 1.54) is 17.3 Å². The monoisotopic (exact) mass is 467 g/mol. The summed E-state index contributed by atoms with van der Waals surface area (Å²) in [7, 11) is 0. The summed E-state index contributed by atoms with van der Waals surface area (Å²) in [4.78, 5) is 24.9. The van der Waals surface area contributed by atoms with E-state index in [1.54, 1.807) is 12.1 Å². The maximum Gasteiger partial charge on any atom is 0.234 e. The zero-order chi connectivity index (χ0) is 23.8. The van der Waals surface area contributed by atoms with Gasteiger partial charge in [0.25, 0.3) is 0 Å². The first-order valence-corrected chi connectivity index (χ1v) is 11.8. The van der Waals surface area contributed by atoms with E-state index in [2.05, 4.69) is 20.8 Å². The number of nitrogens with one attached hydrogen (secondary N) is 2. The Hall–Kier alpha value is -3.33. The van der Waals surface area contributed by atoms with Gasteiger partial charge in [-0.3, -0.25) is 9.59 Å². The molecule has 2 aromatic carbocycles. The number of hydrogen-bond acceptors (Lipinski definition) is 6. The molecule has 0 bridgehead atoms. The normalized spacial score (nSPS) is 10.7. The third-order valence-electron chi connectivity index (χ3n) is 5.00. The molecule has 9 heteroatoms. The zero-order valence-electron chi connectivity index (χ0n) is 19.3. The second-order valence-corrected chi connectivity index (χ2v) is 8.40. The van der Waals surface area contributed by atoms with E-state index in [1.807, 2.05) is 62.6 Å². The van der Waals surface area contributed by atoms with Crippen molar-refractivity contribution in [2.75, 3.05) is 23.0 Å². The number of ether oxygens (including phenoxy) is 1. The summed E-state index contributed by atoms with van der Waals surface area (Å²) in [6.07, 6.45) is 0.0868. The molecule has 2 amide bonds. The molecule has 3 aromatic rings. The van der Waals surface area contributed by atoms with Crippen LogP contribution in [0, 0.1) is 13.8 Å². The van der Waals surface area contributed by atoms with E-state index in [9.17, 15) is 9.59 Å². The van der Waals surface area contributed by atoms with E-state index >= 15 is 0 Å². The van der Waals surface area contributed by atoms with Crippen molar-refractivity contribution in [2.45, 2.75) is 45.8 Å². The zero-order valence-corrected chi connectivity index (χ0v) is 20.2. The summed E-state index contributed by atoms with van der Waals surface area (Å²) in [5, 5.41) is 14.7. The van der Waals surface area contributed by atoms with Gasteiger partial charge in [0, 0.05) is 17.9 Å². The van der Waals surface area contributed by atoms with Crippen LogP contribution in [0.15, 0.2) is 47.6 Å². The Kier molecular flexibility index (Phi) is 8.48. The Morgan fingerprint density at radius 1 is 0.939 bits per heavy atom. The summed E-state index contributed by atoms with van der Waals surface area (Å²) >= 11 is 1.30. The Labute approximate surface area is 198 Å². The molecular weight excluding hydrogens is 438 g/mol. The molecule has 1 heterocycles. The molecule has 0 aliphatic rings. The van der Waals surface area contributed by atoms with Crippen molar-refractivity contribution in [1.82, 2.24) is 14.8 Å². The number of thioether (sulfide) groups is 1. The molecule has 0 radical (unpaired) electrons. The highest BCUT2D eigenvalue weighted by molar-refractivity contribution is 7.99. The lowest BCUT2D eigenvalue weighted by Gasteiger charge is -2.09. The molecule has 33 heavy (non-hydrogen) atoms. The third kappa shape index (κ3) is 6.82. The van der Waals surface area contributed by atoms with Crippen LogP contribution in [-0.4, -0.2) is 38.9 Å². The molecule has 0 fully saturated rings. The molecule has 174 valence electrons. The van der Waals surface area contributed by atoms with E-state index in [0.717, 1.165) is 17.0 Å². The first-order valence-electron chi connectivity index (χ1n) is 10.8. The molecule has 0 saturated carbocycles. The Morgan fingerprint density at radius 2 is 1.64 bits per heavy atom. The van der Waals surface area contributed by atoms with Crippen molar-refractivity contribution in [3.8, 4) is 5.75 Å². The van der Waals surface area contributed by atoms with Crippen LogP contribution in [0.1, 0.15) is 30.8 Å². The van der Waals surface area contributed by atoms with Crippen molar-refractivity contribution in [3.05, 3.63) is 59.4 Å². The van der Waals surface area contributed by atoms with Crippen LogP contribution in [0.2, 0.25) is 0 Å². The number of rotatable bonds is 10. The fourth-order valence-corrected chi connectivity index (χ4v) is 3.99. The number of carbonyl (C=O) groups is 2. The van der Waals surface area contributed by atoms with Gasteiger partial charge in [-0.1, -0.05) is 17.8 Å². The quantitative estimate of drug-likeness (QED) is 0.433. The van der Waals surface area contributed by atoms with Gasteiger partial charge in [0.15, 0.2) is 5.16 Å². The molecular formula is C24H29N5O3S. The number of aromatic nitrogens is 3. The number of anilines is 2. The highest BCUT2D eigenvalue weighted by Gasteiger charge is 2.16. The van der Waals surface area contributed by atoms with Crippen LogP contribution >= 0.6 is 11.8 Å². The molecule has 0 saturated heterocycles. The second kappa shape index (κ2) is 11.5. The lowest BCUT2D eigenvalue weighted by Crippen LogP contribution is -2.18. The van der Waals surface area contributed by atoms with Gasteiger partial charge in [-0.25, -0.2) is 0 Å². The van der Waals surface area contributed by atoms with Crippen molar-refractivity contribution in [3.63, 3.8) is 0 Å². The van der Waals surface area contributed by atoms with Gasteiger partial charge in [0.1, 0.15) is 11.6 Å². The molecule has 0 aliphatic heterocycles. The summed E-state index contributed by atoms with van der Waals surface area (Å²) < 4.78 is 7.27. The molecule has 0 aliphatic carbocycles. The average molecular weight is 468 g/mol. The number of aryl methyl sites for hydroxylation is 2. The van der Waals surface area contributed by atoms with Crippen LogP contribution in [0.4, 0.5) is 11.4 Å². The van der Waals surface area contributed by atoms with Gasteiger partial charge in [-0.05, 0) is 75.2 Å². The molecule has 2 N–H and O–H groups in total. The molecule has 1 aromatic heterocycles. The molecule has 0 atom stereocenters. The van der Waals surface area contributed by atoms with Gasteiger partial charge >= 0.3 is 0 Å². The number of amides is 2. The minimum Gasteiger partial charge on any atom is -0.494 e. The van der Waals surface area contributed by atoms with E-state index < -0.39 is 0 Å². The Morgan fingerprint density at radius 3 is 2.30 bits per heavy atom. The number of carbonyl (C=O) groups excluding carboxylic acids is 2. The predicted octanol–water partition coefficient (Wildman–Crippen LogP) is 4.23. The number of nitrogens with zero attached hydrogens (tertiary/aromatic N) is 3. The highest BCUT2D eigenvalue weighted by atomic mass is 32.2. The largest absolute Gasteiger partial charge is 0.494 e. The van der Waals surface area contributed by atoms with E-state index in [0.29, 0.717) is 29.8 Å². The van der Waals surface area contributed by atoms with Gasteiger partial charge in [0.05, 0.1) is 18.8 Å². The minimum atomic E-state index is -0.190. The fourth-order valence-electron chi connectivity index (χ4n) is 3.17. The lowest BCUT2D eigenvalue weighted by molar-refractivity contribution is -0.116. The summed E-state index contributed by atoms with van der Waals surface area (Å²) in [6, 6.07) is 13.0. The maximum atomic E-state index is 12.5. The van der Waals surface area contributed by atoms with Gasteiger partial charge in [0.2, 0.25) is 11.8 Å². The molecule has 3 rings (SSSR count). The highest BCUT2D eigenvalue weighted by Crippen LogP contribution is 2.20. The van der Waals surface area contributed by atoms with Crippen LogP contribution in [0.3, 0.4) is 0 Å². The summed E-state index contributed by atoms with van der Waals surface area (Å²) in [5.41, 5.74) is 3.76. The maximum absolute atomic E-state index is 12.5. The van der Waals surface area contributed by atoms with Crippen LogP contribution in [0.5, 0.6) is 5.75 Å². The third-order valence-corrected chi connectivity index (χ3v) is 5.97. The van der Waals surface area contributed by atoms with Crippen molar-refractivity contribution in [1.29, 1.82) is 0 Å². The van der Waals surface area contributed by atoms with E-state index in [4.69, 9.17) is 4.74 Å². The smallest absolute Gasteiger partial charge is 0.234 e. The minimum absolute atomic E-state index is 0.0868. The van der Waals surface area contributed by atoms with Gasteiger partial charge < -0.3 is 19.9 Å². The molecule has 0 spiro atoms.